The van der Waals surface area contributed by atoms with Crippen molar-refractivity contribution in [2.45, 2.75) is 31.6 Å². The van der Waals surface area contributed by atoms with E-state index in [1.165, 1.54) is 29.5 Å². The highest BCUT2D eigenvalue weighted by Crippen LogP contribution is 2.22. The van der Waals surface area contributed by atoms with Gasteiger partial charge < -0.3 is 4.74 Å². The van der Waals surface area contributed by atoms with E-state index in [9.17, 15) is 9.18 Å². The Morgan fingerprint density at radius 3 is 2.54 bits per heavy atom. The lowest BCUT2D eigenvalue weighted by Gasteiger charge is -2.04. The number of rotatable bonds is 9. The van der Waals surface area contributed by atoms with Crippen LogP contribution in [0.4, 0.5) is 10.1 Å². The monoisotopic (exact) mass is 417 g/mol. The summed E-state index contributed by atoms with van der Waals surface area (Å²) in [7, 11) is 0. The lowest BCUT2D eigenvalue weighted by Crippen LogP contribution is -2.04. The van der Waals surface area contributed by atoms with Crippen LogP contribution in [0.1, 0.15) is 25.3 Å². The van der Waals surface area contributed by atoms with Gasteiger partial charge in [0.15, 0.2) is 0 Å². The molecule has 0 radical (unpaired) electrons. The minimum atomic E-state index is -0.243. The average Bonchev–Trinajstić information content (AvgIpc) is 2.68. The Labute approximate surface area is 174 Å². The van der Waals surface area contributed by atoms with Crippen LogP contribution in [0.2, 0.25) is 0 Å². The van der Waals surface area contributed by atoms with Crippen LogP contribution in [-0.2, 0) is 9.53 Å². The molecule has 2 rings (SSSR count). The SMILES string of the molecule is CCOC(=O)CCCSC(C=CSc1ccc(F)cc1)=Nc1ccc(C)cc1. The number of carbonyl (C=O) groups excluding carboxylic acids is 1. The summed E-state index contributed by atoms with van der Waals surface area (Å²) >= 11 is 3.11. The summed E-state index contributed by atoms with van der Waals surface area (Å²) < 4.78 is 18.0. The molecule has 0 aliphatic carbocycles. The first kappa shape index (κ1) is 22.2. The second-order valence-corrected chi connectivity index (χ2v) is 8.01. The number of aryl methyl sites for hydroxylation is 1. The van der Waals surface area contributed by atoms with Crippen LogP contribution >= 0.6 is 23.5 Å². The summed E-state index contributed by atoms with van der Waals surface area (Å²) in [4.78, 5) is 17.1. The molecule has 0 aromatic heterocycles. The third-order valence-electron chi connectivity index (χ3n) is 3.58. The summed E-state index contributed by atoms with van der Waals surface area (Å²) in [5.74, 6) is 0.365. The van der Waals surface area contributed by atoms with Crippen LogP contribution in [0, 0.1) is 12.7 Å². The Kier molecular flexibility index (Phi) is 9.86. The van der Waals surface area contributed by atoms with Crippen molar-refractivity contribution in [3.05, 3.63) is 71.4 Å². The maximum absolute atomic E-state index is 13.0. The van der Waals surface area contributed by atoms with Gasteiger partial charge in [0.2, 0.25) is 0 Å². The Hall–Kier alpha value is -2.05. The van der Waals surface area contributed by atoms with Gasteiger partial charge in [0.25, 0.3) is 0 Å². The molecule has 28 heavy (non-hydrogen) atoms. The van der Waals surface area contributed by atoms with E-state index in [4.69, 9.17) is 9.73 Å². The standard InChI is InChI=1S/C22H24FNO2S2/c1-3-26-22(25)5-4-15-28-21(24-19-10-6-17(2)7-11-19)14-16-27-20-12-8-18(23)9-13-20/h6-14,16H,3-5,15H2,1-2H3. The molecule has 0 atom stereocenters. The van der Waals surface area contributed by atoms with Crippen molar-refractivity contribution >= 4 is 40.2 Å². The largest absolute Gasteiger partial charge is 0.466 e. The molecule has 0 saturated heterocycles. The van der Waals surface area contributed by atoms with E-state index in [0.29, 0.717) is 13.0 Å². The Morgan fingerprint density at radius 2 is 1.86 bits per heavy atom. The molecule has 0 bridgehead atoms. The average molecular weight is 418 g/mol. The van der Waals surface area contributed by atoms with Crippen LogP contribution in [0.15, 0.2) is 69.9 Å². The normalized spacial score (nSPS) is 11.8. The highest BCUT2D eigenvalue weighted by molar-refractivity contribution is 8.14. The molecule has 148 valence electrons. The second-order valence-electron chi connectivity index (χ2n) is 5.92. The third kappa shape index (κ3) is 8.76. The molecule has 0 fully saturated rings. The van der Waals surface area contributed by atoms with Gasteiger partial charge >= 0.3 is 5.97 Å². The molecule has 0 unspecified atom stereocenters. The number of thioether (sulfide) groups is 2. The van der Waals surface area contributed by atoms with Crippen LogP contribution in [0.25, 0.3) is 0 Å². The predicted octanol–water partition coefficient (Wildman–Crippen LogP) is 6.55. The van der Waals surface area contributed by atoms with Crippen LogP contribution in [0.3, 0.4) is 0 Å². The summed E-state index contributed by atoms with van der Waals surface area (Å²) in [5, 5.41) is 2.81. The van der Waals surface area contributed by atoms with Gasteiger partial charge in [0.1, 0.15) is 5.82 Å². The number of benzene rings is 2. The predicted molar refractivity (Wildman–Crippen MR) is 118 cm³/mol. The van der Waals surface area contributed by atoms with E-state index in [1.807, 2.05) is 49.6 Å². The van der Waals surface area contributed by atoms with Gasteiger partial charge in [0.05, 0.1) is 17.3 Å². The molecule has 0 heterocycles. The minimum Gasteiger partial charge on any atom is -0.466 e. The van der Waals surface area contributed by atoms with E-state index in [1.54, 1.807) is 23.9 Å². The topological polar surface area (TPSA) is 38.7 Å². The molecular formula is C22H24FNO2S2. The van der Waals surface area contributed by atoms with Gasteiger partial charge in [0, 0.05) is 17.1 Å². The molecular weight excluding hydrogens is 393 g/mol. The molecule has 0 aliphatic heterocycles. The number of hydrogen-bond acceptors (Lipinski definition) is 5. The first-order chi connectivity index (χ1) is 13.6. The van der Waals surface area contributed by atoms with Crippen molar-refractivity contribution in [1.29, 1.82) is 0 Å². The quantitative estimate of drug-likeness (QED) is 0.152. The molecule has 2 aromatic rings. The molecule has 2 aromatic carbocycles. The fraction of sp³-hybridized carbons (Fsp3) is 0.273. The van der Waals surface area contributed by atoms with Gasteiger partial charge in [-0.3, -0.25) is 4.79 Å². The Balaban J connectivity index is 1.98. The molecule has 0 N–H and O–H groups in total. The first-order valence-corrected chi connectivity index (χ1v) is 11.0. The zero-order chi connectivity index (χ0) is 20.2. The van der Waals surface area contributed by atoms with Gasteiger partial charge in [-0.05, 0) is 68.2 Å². The summed E-state index contributed by atoms with van der Waals surface area (Å²) in [6, 6.07) is 14.4. The number of hydrogen-bond donors (Lipinski definition) is 0. The fourth-order valence-corrected chi connectivity index (χ4v) is 3.74. The zero-order valence-electron chi connectivity index (χ0n) is 16.1. The van der Waals surface area contributed by atoms with Crippen LogP contribution in [0.5, 0.6) is 0 Å². The maximum Gasteiger partial charge on any atom is 0.305 e. The molecule has 0 amide bonds. The van der Waals surface area contributed by atoms with E-state index in [-0.39, 0.29) is 11.8 Å². The lowest BCUT2D eigenvalue weighted by molar-refractivity contribution is -0.143. The second kappa shape index (κ2) is 12.4. The van der Waals surface area contributed by atoms with Gasteiger partial charge in [-0.25, -0.2) is 9.38 Å². The Morgan fingerprint density at radius 1 is 1.14 bits per heavy atom. The van der Waals surface area contributed by atoms with E-state index in [2.05, 4.69) is 0 Å². The number of aliphatic imine (C=N–C) groups is 1. The maximum atomic E-state index is 13.0. The van der Waals surface area contributed by atoms with Crippen molar-refractivity contribution in [3.8, 4) is 0 Å². The van der Waals surface area contributed by atoms with Crippen LogP contribution < -0.4 is 0 Å². The number of nitrogens with zero attached hydrogens (tertiary/aromatic N) is 1. The van der Waals surface area contributed by atoms with Crippen molar-refractivity contribution in [2.75, 3.05) is 12.4 Å². The molecule has 3 nitrogen and oxygen atoms in total. The number of ether oxygens (including phenoxy) is 1. The van der Waals surface area contributed by atoms with Gasteiger partial charge in [-0.1, -0.05) is 29.5 Å². The van der Waals surface area contributed by atoms with Crippen molar-refractivity contribution in [2.24, 2.45) is 4.99 Å². The van der Waals surface area contributed by atoms with Crippen molar-refractivity contribution in [3.63, 3.8) is 0 Å². The summed E-state index contributed by atoms with van der Waals surface area (Å²) in [5.41, 5.74) is 2.07. The van der Waals surface area contributed by atoms with Gasteiger partial charge in [-0.15, -0.1) is 11.8 Å². The van der Waals surface area contributed by atoms with E-state index in [0.717, 1.165) is 27.8 Å². The van der Waals surface area contributed by atoms with Crippen molar-refractivity contribution in [1.82, 2.24) is 0 Å². The molecule has 0 spiro atoms. The van der Waals surface area contributed by atoms with Crippen molar-refractivity contribution < 1.29 is 13.9 Å². The molecule has 0 aliphatic rings. The highest BCUT2D eigenvalue weighted by Gasteiger charge is 2.03. The summed E-state index contributed by atoms with van der Waals surface area (Å²) in [6.45, 7) is 4.26. The molecule has 6 heteroatoms. The Bertz CT molecular complexity index is 802. The van der Waals surface area contributed by atoms with Crippen LogP contribution in [-0.4, -0.2) is 23.4 Å². The number of esters is 1. The molecule has 0 saturated carbocycles. The zero-order valence-corrected chi connectivity index (χ0v) is 17.7. The number of halogens is 1. The smallest absolute Gasteiger partial charge is 0.305 e. The highest BCUT2D eigenvalue weighted by atomic mass is 32.2. The first-order valence-electron chi connectivity index (χ1n) is 9.09. The van der Waals surface area contributed by atoms with E-state index >= 15 is 0 Å². The van der Waals surface area contributed by atoms with E-state index < -0.39 is 0 Å². The number of carbonyl (C=O) groups is 1. The fourth-order valence-electron chi connectivity index (χ4n) is 2.17. The minimum absolute atomic E-state index is 0.164. The third-order valence-corrected chi connectivity index (χ3v) is 5.41. The van der Waals surface area contributed by atoms with Gasteiger partial charge in [-0.2, -0.15) is 0 Å². The summed E-state index contributed by atoms with van der Waals surface area (Å²) in [6.07, 6.45) is 3.09. The lowest BCUT2D eigenvalue weighted by atomic mass is 10.2.